The fourth-order valence-corrected chi connectivity index (χ4v) is 2.39. The van der Waals surface area contributed by atoms with Gasteiger partial charge in [-0.15, -0.1) is 6.58 Å². The number of thioether (sulfide) groups is 1. The zero-order valence-corrected chi connectivity index (χ0v) is 12.9. The maximum absolute atomic E-state index is 11.7. The van der Waals surface area contributed by atoms with Crippen molar-refractivity contribution in [2.75, 3.05) is 18.1 Å². The number of nitrogens with one attached hydrogen (secondary N) is 2. The van der Waals surface area contributed by atoms with E-state index in [0.717, 1.165) is 11.5 Å². The van der Waals surface area contributed by atoms with Gasteiger partial charge in [-0.3, -0.25) is 0 Å². The van der Waals surface area contributed by atoms with Gasteiger partial charge in [0.25, 0.3) is 0 Å². The van der Waals surface area contributed by atoms with Gasteiger partial charge in [0, 0.05) is 28.6 Å². The zero-order chi connectivity index (χ0) is 15.7. The molecule has 1 atom stereocenters. The molecule has 1 aromatic carbocycles. The molecular weight excluding hydrogens is 312 g/mol. The quantitative estimate of drug-likeness (QED) is 0.506. The van der Waals surface area contributed by atoms with Crippen LogP contribution in [0.5, 0.6) is 0 Å². The normalized spacial score (nSPS) is 11.5. The number of hydrogen-bond acceptors (Lipinski definition) is 3. The molecule has 0 fully saturated rings. The lowest BCUT2D eigenvalue weighted by Crippen LogP contribution is -2.41. The summed E-state index contributed by atoms with van der Waals surface area (Å²) < 4.78 is 0. The Morgan fingerprint density at radius 3 is 2.76 bits per heavy atom. The number of carbonyl (C=O) groups excluding carboxylic acids is 1. The molecule has 0 spiro atoms. The van der Waals surface area contributed by atoms with Crippen molar-refractivity contribution in [3.05, 3.63) is 47.5 Å². The van der Waals surface area contributed by atoms with Crippen LogP contribution in [0, 0.1) is 0 Å². The average molecular weight is 329 g/mol. The second-order valence-corrected chi connectivity index (χ2v) is 5.61. The highest BCUT2D eigenvalue weighted by molar-refractivity contribution is 7.99. The smallest absolute Gasteiger partial charge is 0.331 e. The summed E-state index contributed by atoms with van der Waals surface area (Å²) in [6, 6.07) is 4.80. The van der Waals surface area contributed by atoms with Gasteiger partial charge in [0.1, 0.15) is 0 Å². The van der Waals surface area contributed by atoms with Crippen LogP contribution in [0.25, 0.3) is 0 Å². The zero-order valence-electron chi connectivity index (χ0n) is 11.3. The minimum atomic E-state index is -1.18. The van der Waals surface area contributed by atoms with Crippen molar-refractivity contribution in [1.82, 2.24) is 10.6 Å². The van der Waals surface area contributed by atoms with Gasteiger partial charge in [-0.1, -0.05) is 35.9 Å². The Bertz CT molecular complexity index is 511. The lowest BCUT2D eigenvalue weighted by molar-refractivity contribution is -0.139. The van der Waals surface area contributed by atoms with E-state index < -0.39 is 18.0 Å². The predicted molar refractivity (Wildman–Crippen MR) is 85.9 cm³/mol. The Morgan fingerprint density at radius 1 is 1.43 bits per heavy atom. The first-order chi connectivity index (χ1) is 10.1. The molecule has 3 N–H and O–H groups in total. The minimum absolute atomic E-state index is 0.298. The molecule has 0 radical (unpaired) electrons. The molecule has 0 unspecified atom stereocenters. The van der Waals surface area contributed by atoms with Crippen molar-refractivity contribution >= 4 is 35.4 Å². The summed E-state index contributed by atoms with van der Waals surface area (Å²) >= 11 is 7.58. The third-order valence-corrected chi connectivity index (χ3v) is 3.81. The molecular formula is C14H17ClN2O3S. The van der Waals surface area contributed by atoms with Crippen molar-refractivity contribution < 1.29 is 14.7 Å². The minimum Gasteiger partial charge on any atom is -0.479 e. The van der Waals surface area contributed by atoms with E-state index in [9.17, 15) is 14.7 Å². The molecule has 0 aliphatic rings. The Kier molecular flexibility index (Phi) is 7.71. The van der Waals surface area contributed by atoms with Gasteiger partial charge in [-0.2, -0.15) is 11.8 Å². The van der Waals surface area contributed by atoms with Crippen LogP contribution in [0.2, 0.25) is 5.02 Å². The molecule has 114 valence electrons. The largest absolute Gasteiger partial charge is 0.479 e. The molecule has 21 heavy (non-hydrogen) atoms. The monoisotopic (exact) mass is 328 g/mol. The van der Waals surface area contributed by atoms with Gasteiger partial charge in [0.05, 0.1) is 0 Å². The Labute approximate surface area is 132 Å². The highest BCUT2D eigenvalue weighted by Gasteiger charge is 2.23. The van der Waals surface area contributed by atoms with Crippen LogP contribution in [0.4, 0.5) is 4.79 Å². The number of halogens is 1. The molecule has 5 nitrogen and oxygen atoms in total. The Morgan fingerprint density at radius 2 is 2.14 bits per heavy atom. The maximum Gasteiger partial charge on any atom is 0.331 e. The molecule has 0 aliphatic heterocycles. The number of carbonyl (C=O) groups is 2. The van der Waals surface area contributed by atoms with Gasteiger partial charge in [0.15, 0.2) is 6.04 Å². The average Bonchev–Trinajstić information content (AvgIpc) is 2.45. The number of urea groups is 1. The number of aliphatic carboxylic acids is 1. The second-order valence-electron chi connectivity index (χ2n) is 4.06. The Balaban J connectivity index is 2.55. The Hall–Kier alpha value is -1.66. The summed E-state index contributed by atoms with van der Waals surface area (Å²) in [6.45, 7) is 4.04. The molecule has 2 amide bonds. The molecule has 0 heterocycles. The number of carboxylic acids is 1. The van der Waals surface area contributed by atoms with Crippen molar-refractivity contribution in [1.29, 1.82) is 0 Å². The molecule has 0 aliphatic carbocycles. The van der Waals surface area contributed by atoms with Crippen LogP contribution in [0.3, 0.4) is 0 Å². The van der Waals surface area contributed by atoms with E-state index in [4.69, 9.17) is 11.6 Å². The topological polar surface area (TPSA) is 78.4 Å². The third kappa shape index (κ3) is 6.10. The second kappa shape index (κ2) is 9.31. The van der Waals surface area contributed by atoms with Gasteiger partial charge in [-0.25, -0.2) is 9.59 Å². The van der Waals surface area contributed by atoms with Crippen LogP contribution < -0.4 is 10.6 Å². The molecule has 0 saturated carbocycles. The van der Waals surface area contributed by atoms with E-state index in [0.29, 0.717) is 17.1 Å². The van der Waals surface area contributed by atoms with Crippen LogP contribution >= 0.6 is 23.4 Å². The van der Waals surface area contributed by atoms with Crippen molar-refractivity contribution in [3.63, 3.8) is 0 Å². The van der Waals surface area contributed by atoms with E-state index in [1.54, 1.807) is 42.1 Å². The van der Waals surface area contributed by atoms with Crippen LogP contribution in [0.1, 0.15) is 11.6 Å². The molecule has 7 heteroatoms. The first-order valence-electron chi connectivity index (χ1n) is 6.26. The highest BCUT2D eigenvalue weighted by atomic mass is 35.5. The van der Waals surface area contributed by atoms with E-state index in [1.807, 2.05) is 0 Å². The summed E-state index contributed by atoms with van der Waals surface area (Å²) in [5.41, 5.74) is 0.350. The predicted octanol–water partition coefficient (Wildman–Crippen LogP) is 2.68. The summed E-state index contributed by atoms with van der Waals surface area (Å²) in [6.07, 6.45) is 1.78. The summed E-state index contributed by atoms with van der Waals surface area (Å²) in [4.78, 5) is 23.0. The lowest BCUT2D eigenvalue weighted by Gasteiger charge is -2.16. The molecule has 1 rings (SSSR count). The van der Waals surface area contributed by atoms with Crippen LogP contribution in [0.15, 0.2) is 36.9 Å². The van der Waals surface area contributed by atoms with Gasteiger partial charge >= 0.3 is 12.0 Å². The molecule has 1 aromatic rings. The SMILES string of the molecule is C=CCSCCNC(=O)N[C@@H](C(=O)O)c1ccccc1Cl. The molecule has 0 saturated heterocycles. The first-order valence-corrected chi connectivity index (χ1v) is 7.79. The molecule has 0 bridgehead atoms. The van der Waals surface area contributed by atoms with Gasteiger partial charge in [0.2, 0.25) is 0 Å². The third-order valence-electron chi connectivity index (χ3n) is 2.51. The summed E-state index contributed by atoms with van der Waals surface area (Å²) in [7, 11) is 0. The van der Waals surface area contributed by atoms with E-state index in [1.165, 1.54) is 0 Å². The van der Waals surface area contributed by atoms with E-state index in [-0.39, 0.29) is 0 Å². The number of amides is 2. The van der Waals surface area contributed by atoms with E-state index in [2.05, 4.69) is 17.2 Å². The fourth-order valence-electron chi connectivity index (χ4n) is 1.57. The summed E-state index contributed by atoms with van der Waals surface area (Å²) in [5, 5.41) is 14.5. The van der Waals surface area contributed by atoms with Crippen LogP contribution in [-0.2, 0) is 4.79 Å². The number of benzene rings is 1. The standard InChI is InChI=1S/C14H17ClN2O3S/c1-2-8-21-9-7-16-14(20)17-12(13(18)19)10-5-3-4-6-11(10)15/h2-6,12H,1,7-9H2,(H,18,19)(H2,16,17,20)/t12-/m1/s1. The van der Waals surface area contributed by atoms with Gasteiger partial charge < -0.3 is 15.7 Å². The van der Waals surface area contributed by atoms with E-state index >= 15 is 0 Å². The number of rotatable bonds is 8. The molecule has 0 aromatic heterocycles. The lowest BCUT2D eigenvalue weighted by atomic mass is 10.1. The van der Waals surface area contributed by atoms with Gasteiger partial charge in [-0.05, 0) is 6.07 Å². The fraction of sp³-hybridized carbons (Fsp3) is 0.286. The number of hydrogen-bond donors (Lipinski definition) is 3. The number of carboxylic acid groups (broad SMARTS) is 1. The van der Waals surface area contributed by atoms with Crippen molar-refractivity contribution in [2.45, 2.75) is 6.04 Å². The van der Waals surface area contributed by atoms with Crippen LogP contribution in [-0.4, -0.2) is 35.2 Å². The van der Waals surface area contributed by atoms with Crippen molar-refractivity contribution in [2.24, 2.45) is 0 Å². The highest BCUT2D eigenvalue weighted by Crippen LogP contribution is 2.22. The van der Waals surface area contributed by atoms with Crippen molar-refractivity contribution in [3.8, 4) is 0 Å². The summed E-state index contributed by atoms with van der Waals surface area (Å²) in [5.74, 6) is 0.364. The maximum atomic E-state index is 11.7. The first kappa shape index (κ1) is 17.4.